The highest BCUT2D eigenvalue weighted by Gasteiger charge is 2.29. The molecule has 2 rings (SSSR count). The minimum atomic E-state index is -0.354. The van der Waals surface area contributed by atoms with Crippen LogP contribution in [0.4, 0.5) is 17.1 Å². The Bertz CT molecular complexity index is 476. The predicted octanol–water partition coefficient (Wildman–Crippen LogP) is 3.48. The van der Waals surface area contributed by atoms with E-state index >= 15 is 0 Å². The molecule has 5 heteroatoms. The molecule has 0 radical (unpaired) electrons. The molecule has 1 aromatic carbocycles. The zero-order chi connectivity index (χ0) is 14.0. The average molecular weight is 263 g/mol. The summed E-state index contributed by atoms with van der Waals surface area (Å²) in [5.41, 5.74) is 1.70. The zero-order valence-electron chi connectivity index (χ0n) is 11.6. The summed E-state index contributed by atoms with van der Waals surface area (Å²) in [6.45, 7) is 4.50. The Kier molecular flexibility index (Phi) is 3.93. The number of hydrogen-bond acceptors (Lipinski definition) is 4. The van der Waals surface area contributed by atoms with E-state index in [4.69, 9.17) is 0 Å². The number of nitro benzene ring substituents is 1. The molecule has 0 saturated heterocycles. The van der Waals surface area contributed by atoms with Crippen LogP contribution in [0.1, 0.15) is 26.7 Å². The molecule has 1 fully saturated rings. The Labute approximate surface area is 113 Å². The third-order valence-corrected chi connectivity index (χ3v) is 4.23. The average Bonchev–Trinajstić information content (AvgIpc) is 2.70. The number of benzene rings is 1. The molecule has 1 aliphatic carbocycles. The van der Waals surface area contributed by atoms with Crippen molar-refractivity contribution in [1.82, 2.24) is 0 Å². The Morgan fingerprint density at radius 3 is 2.42 bits per heavy atom. The van der Waals surface area contributed by atoms with Crippen molar-refractivity contribution in [3.63, 3.8) is 0 Å². The molecule has 19 heavy (non-hydrogen) atoms. The fourth-order valence-electron chi connectivity index (χ4n) is 2.73. The topological polar surface area (TPSA) is 67.2 Å². The van der Waals surface area contributed by atoms with Crippen LogP contribution in [0.3, 0.4) is 0 Å². The summed E-state index contributed by atoms with van der Waals surface area (Å²) < 4.78 is 0. The minimum Gasteiger partial charge on any atom is -0.388 e. The Hall–Kier alpha value is -1.78. The van der Waals surface area contributed by atoms with Crippen LogP contribution in [0, 0.1) is 22.0 Å². The Morgan fingerprint density at radius 1 is 1.21 bits per heavy atom. The SMILES string of the molecule is CNc1cc(NC2CCC(C)C2C)cc([N+](=O)[O-])c1. The summed E-state index contributed by atoms with van der Waals surface area (Å²) in [4.78, 5) is 10.6. The van der Waals surface area contributed by atoms with E-state index in [-0.39, 0.29) is 10.6 Å². The fraction of sp³-hybridized carbons (Fsp3) is 0.571. The van der Waals surface area contributed by atoms with Gasteiger partial charge < -0.3 is 10.6 Å². The van der Waals surface area contributed by atoms with Gasteiger partial charge in [-0.25, -0.2) is 0 Å². The second-order valence-corrected chi connectivity index (χ2v) is 5.44. The molecule has 3 atom stereocenters. The quantitative estimate of drug-likeness (QED) is 0.644. The van der Waals surface area contributed by atoms with E-state index in [1.807, 2.05) is 6.07 Å². The van der Waals surface area contributed by atoms with E-state index in [1.54, 1.807) is 19.2 Å². The van der Waals surface area contributed by atoms with Crippen molar-refractivity contribution in [2.75, 3.05) is 17.7 Å². The zero-order valence-corrected chi connectivity index (χ0v) is 11.6. The van der Waals surface area contributed by atoms with E-state index in [1.165, 1.54) is 6.42 Å². The highest BCUT2D eigenvalue weighted by Crippen LogP contribution is 2.34. The van der Waals surface area contributed by atoms with E-state index in [0.29, 0.717) is 17.9 Å². The van der Waals surface area contributed by atoms with Crippen molar-refractivity contribution in [1.29, 1.82) is 0 Å². The number of nitrogens with zero attached hydrogens (tertiary/aromatic N) is 1. The molecule has 3 unspecified atom stereocenters. The fourth-order valence-corrected chi connectivity index (χ4v) is 2.73. The maximum Gasteiger partial charge on any atom is 0.273 e. The van der Waals surface area contributed by atoms with Crippen LogP contribution in [-0.2, 0) is 0 Å². The van der Waals surface area contributed by atoms with Crippen molar-refractivity contribution < 1.29 is 4.92 Å². The minimum absolute atomic E-state index is 0.119. The monoisotopic (exact) mass is 263 g/mol. The van der Waals surface area contributed by atoms with Gasteiger partial charge in [-0.1, -0.05) is 13.8 Å². The van der Waals surface area contributed by atoms with E-state index in [0.717, 1.165) is 17.8 Å². The van der Waals surface area contributed by atoms with Crippen molar-refractivity contribution in [2.24, 2.45) is 11.8 Å². The molecule has 1 saturated carbocycles. The van der Waals surface area contributed by atoms with Gasteiger partial charge in [0.1, 0.15) is 0 Å². The summed E-state index contributed by atoms with van der Waals surface area (Å²) in [6.07, 6.45) is 2.34. The second-order valence-electron chi connectivity index (χ2n) is 5.44. The van der Waals surface area contributed by atoms with Gasteiger partial charge >= 0.3 is 0 Å². The Balaban J connectivity index is 2.20. The lowest BCUT2D eigenvalue weighted by Crippen LogP contribution is -2.24. The summed E-state index contributed by atoms with van der Waals surface area (Å²) in [7, 11) is 1.77. The highest BCUT2D eigenvalue weighted by molar-refractivity contribution is 5.63. The first-order valence-electron chi connectivity index (χ1n) is 6.75. The first-order valence-corrected chi connectivity index (χ1v) is 6.75. The molecular formula is C14H21N3O2. The number of non-ortho nitro benzene ring substituents is 1. The van der Waals surface area contributed by atoms with Gasteiger partial charge in [-0.3, -0.25) is 10.1 Å². The molecule has 0 bridgehead atoms. The summed E-state index contributed by atoms with van der Waals surface area (Å²) in [6, 6.07) is 5.48. The normalized spacial score (nSPS) is 26.2. The molecule has 0 amide bonds. The van der Waals surface area contributed by atoms with E-state index in [9.17, 15) is 10.1 Å². The van der Waals surface area contributed by atoms with Gasteiger partial charge in [0, 0.05) is 36.6 Å². The van der Waals surface area contributed by atoms with Crippen LogP contribution in [0.2, 0.25) is 0 Å². The van der Waals surface area contributed by atoms with E-state index < -0.39 is 0 Å². The van der Waals surface area contributed by atoms with Crippen LogP contribution >= 0.6 is 0 Å². The van der Waals surface area contributed by atoms with Crippen LogP contribution in [-0.4, -0.2) is 18.0 Å². The van der Waals surface area contributed by atoms with E-state index in [2.05, 4.69) is 24.5 Å². The lowest BCUT2D eigenvalue weighted by Gasteiger charge is -2.21. The number of nitrogens with one attached hydrogen (secondary N) is 2. The molecule has 1 aromatic rings. The standard InChI is InChI=1S/C14H21N3O2/c1-9-4-5-14(10(9)2)16-12-6-11(15-3)7-13(8-12)17(18)19/h6-10,14-16H,4-5H2,1-3H3. The predicted molar refractivity (Wildman–Crippen MR) is 77.6 cm³/mol. The second kappa shape index (κ2) is 5.47. The summed E-state index contributed by atoms with van der Waals surface area (Å²) in [5.74, 6) is 1.30. The van der Waals surface area contributed by atoms with Crippen molar-refractivity contribution in [2.45, 2.75) is 32.7 Å². The maximum atomic E-state index is 10.9. The van der Waals surface area contributed by atoms with Gasteiger partial charge in [0.25, 0.3) is 5.69 Å². The third kappa shape index (κ3) is 2.97. The van der Waals surface area contributed by atoms with Gasteiger partial charge in [0.05, 0.1) is 4.92 Å². The van der Waals surface area contributed by atoms with Gasteiger partial charge in [-0.2, -0.15) is 0 Å². The largest absolute Gasteiger partial charge is 0.388 e. The molecule has 0 spiro atoms. The van der Waals surface area contributed by atoms with Crippen LogP contribution < -0.4 is 10.6 Å². The molecule has 0 aliphatic heterocycles. The first-order chi connectivity index (χ1) is 9.01. The number of rotatable bonds is 4. The lowest BCUT2D eigenvalue weighted by atomic mass is 9.97. The van der Waals surface area contributed by atoms with Gasteiger partial charge in [-0.15, -0.1) is 0 Å². The van der Waals surface area contributed by atoms with Crippen molar-refractivity contribution in [3.05, 3.63) is 28.3 Å². The van der Waals surface area contributed by atoms with Gasteiger partial charge in [-0.05, 0) is 30.7 Å². The van der Waals surface area contributed by atoms with Crippen LogP contribution in [0.25, 0.3) is 0 Å². The van der Waals surface area contributed by atoms with Gasteiger partial charge in [0.15, 0.2) is 0 Å². The van der Waals surface area contributed by atoms with Gasteiger partial charge in [0.2, 0.25) is 0 Å². The maximum absolute atomic E-state index is 10.9. The van der Waals surface area contributed by atoms with Crippen molar-refractivity contribution in [3.8, 4) is 0 Å². The number of hydrogen-bond donors (Lipinski definition) is 2. The smallest absolute Gasteiger partial charge is 0.273 e. The van der Waals surface area contributed by atoms with Crippen molar-refractivity contribution >= 4 is 17.1 Å². The first kappa shape index (κ1) is 13.6. The molecule has 5 nitrogen and oxygen atoms in total. The molecule has 1 aliphatic rings. The molecule has 104 valence electrons. The Morgan fingerprint density at radius 2 is 1.89 bits per heavy atom. The highest BCUT2D eigenvalue weighted by atomic mass is 16.6. The van der Waals surface area contributed by atoms with Crippen LogP contribution in [0.5, 0.6) is 0 Å². The lowest BCUT2D eigenvalue weighted by molar-refractivity contribution is -0.384. The molecule has 0 aromatic heterocycles. The number of nitro groups is 1. The summed E-state index contributed by atoms with van der Waals surface area (Å²) >= 11 is 0. The molecule has 0 heterocycles. The molecular weight excluding hydrogens is 242 g/mol. The summed E-state index contributed by atoms with van der Waals surface area (Å²) in [5, 5.41) is 17.3. The third-order valence-electron chi connectivity index (χ3n) is 4.23. The number of anilines is 2. The molecule has 2 N–H and O–H groups in total. The van der Waals surface area contributed by atoms with Crippen LogP contribution in [0.15, 0.2) is 18.2 Å².